The maximum Gasteiger partial charge on any atom is 0.0157 e. The molecule has 0 aliphatic heterocycles. The highest BCUT2D eigenvalue weighted by atomic mass is 32.2. The van der Waals surface area contributed by atoms with Gasteiger partial charge in [-0.25, -0.2) is 0 Å². The van der Waals surface area contributed by atoms with Crippen molar-refractivity contribution in [2.75, 3.05) is 0 Å². The van der Waals surface area contributed by atoms with Gasteiger partial charge in [-0.2, -0.15) is 0 Å². The van der Waals surface area contributed by atoms with Crippen molar-refractivity contribution in [1.29, 1.82) is 0 Å². The van der Waals surface area contributed by atoms with Crippen LogP contribution < -0.4 is 0 Å². The van der Waals surface area contributed by atoms with Gasteiger partial charge in [-0.15, -0.1) is 0 Å². The van der Waals surface area contributed by atoms with Crippen LogP contribution in [0.25, 0.3) is 0 Å². The van der Waals surface area contributed by atoms with Crippen molar-refractivity contribution in [1.82, 2.24) is 0 Å². The molecule has 0 fully saturated rings. The van der Waals surface area contributed by atoms with E-state index < -0.39 is 0 Å². The molecule has 0 unspecified atom stereocenters. The minimum absolute atomic E-state index is 0.154. The molecule has 19 heavy (non-hydrogen) atoms. The number of benzene rings is 1. The molecule has 0 spiro atoms. The second-order valence-corrected chi connectivity index (χ2v) is 6.64. The molecule has 0 nitrogen and oxygen atoms in total. The van der Waals surface area contributed by atoms with E-state index >= 15 is 0 Å². The standard InChI is InChI=1S/C18H18S/c1-18(2)13-12-17(15-10-6-7-11-16(15)18)19-14-8-4-3-5-9-14/h3-9,11-13H,10H2,1-2H3. The van der Waals surface area contributed by atoms with Crippen molar-refractivity contribution in [3.8, 4) is 0 Å². The summed E-state index contributed by atoms with van der Waals surface area (Å²) in [6.07, 6.45) is 12.4. The fourth-order valence-corrected chi connectivity index (χ4v) is 3.58. The van der Waals surface area contributed by atoms with Gasteiger partial charge in [-0.3, -0.25) is 0 Å². The van der Waals surface area contributed by atoms with Gasteiger partial charge in [0, 0.05) is 15.2 Å². The SMILES string of the molecule is CC1(C)C=CC(Sc2ccccc2)=C2CC=CC=C21. The van der Waals surface area contributed by atoms with E-state index in [0.29, 0.717) is 0 Å². The van der Waals surface area contributed by atoms with Crippen LogP contribution >= 0.6 is 11.8 Å². The molecular weight excluding hydrogens is 248 g/mol. The third-order valence-electron chi connectivity index (χ3n) is 3.66. The van der Waals surface area contributed by atoms with Crippen LogP contribution in [0.2, 0.25) is 0 Å². The molecule has 1 aromatic carbocycles. The van der Waals surface area contributed by atoms with Gasteiger partial charge < -0.3 is 0 Å². The third kappa shape index (κ3) is 2.48. The first-order chi connectivity index (χ1) is 9.17. The smallest absolute Gasteiger partial charge is 0.0157 e. The minimum Gasteiger partial charge on any atom is -0.0898 e. The Labute approximate surface area is 119 Å². The van der Waals surface area contributed by atoms with Crippen molar-refractivity contribution < 1.29 is 0 Å². The van der Waals surface area contributed by atoms with Crippen LogP contribution in [0.1, 0.15) is 20.3 Å². The molecule has 0 saturated carbocycles. The van der Waals surface area contributed by atoms with E-state index in [-0.39, 0.29) is 5.41 Å². The first-order valence-electron chi connectivity index (χ1n) is 6.70. The molecule has 0 heterocycles. The summed E-state index contributed by atoms with van der Waals surface area (Å²) in [4.78, 5) is 2.70. The van der Waals surface area contributed by atoms with Gasteiger partial charge in [-0.1, -0.05) is 74.2 Å². The topological polar surface area (TPSA) is 0 Å². The number of thioether (sulfide) groups is 1. The number of hydrogen-bond acceptors (Lipinski definition) is 1. The van der Waals surface area contributed by atoms with Gasteiger partial charge >= 0.3 is 0 Å². The zero-order valence-electron chi connectivity index (χ0n) is 11.4. The van der Waals surface area contributed by atoms with Crippen molar-refractivity contribution in [2.45, 2.75) is 25.2 Å². The largest absolute Gasteiger partial charge is 0.0898 e. The van der Waals surface area contributed by atoms with Gasteiger partial charge in [0.25, 0.3) is 0 Å². The summed E-state index contributed by atoms with van der Waals surface area (Å²) in [6.45, 7) is 4.58. The fourth-order valence-electron chi connectivity index (χ4n) is 2.58. The van der Waals surface area contributed by atoms with E-state index in [9.17, 15) is 0 Å². The Morgan fingerprint density at radius 3 is 2.68 bits per heavy atom. The third-order valence-corrected chi connectivity index (χ3v) is 4.77. The maximum absolute atomic E-state index is 2.33. The minimum atomic E-state index is 0.154. The highest BCUT2D eigenvalue weighted by molar-refractivity contribution is 8.03. The van der Waals surface area contributed by atoms with Gasteiger partial charge in [0.15, 0.2) is 0 Å². The van der Waals surface area contributed by atoms with E-state index in [2.05, 4.69) is 74.6 Å². The zero-order valence-corrected chi connectivity index (χ0v) is 12.2. The van der Waals surface area contributed by atoms with Crippen molar-refractivity contribution >= 4 is 11.8 Å². The average molecular weight is 266 g/mol. The van der Waals surface area contributed by atoms with E-state index in [1.54, 1.807) is 0 Å². The highest BCUT2D eigenvalue weighted by Crippen LogP contribution is 2.46. The number of fused-ring (bicyclic) bond motifs is 1. The van der Waals surface area contributed by atoms with Crippen LogP contribution in [-0.2, 0) is 0 Å². The molecule has 0 N–H and O–H groups in total. The van der Waals surface area contributed by atoms with Crippen LogP contribution in [0.15, 0.2) is 81.7 Å². The quantitative estimate of drug-likeness (QED) is 0.679. The van der Waals surface area contributed by atoms with E-state index in [4.69, 9.17) is 0 Å². The first-order valence-corrected chi connectivity index (χ1v) is 7.51. The highest BCUT2D eigenvalue weighted by Gasteiger charge is 2.28. The van der Waals surface area contributed by atoms with Crippen LogP contribution in [0.4, 0.5) is 0 Å². The lowest BCUT2D eigenvalue weighted by molar-refractivity contribution is 0.577. The van der Waals surface area contributed by atoms with Crippen LogP contribution in [-0.4, -0.2) is 0 Å². The van der Waals surface area contributed by atoms with Gasteiger partial charge in [0.1, 0.15) is 0 Å². The van der Waals surface area contributed by atoms with Crippen LogP contribution in [0.5, 0.6) is 0 Å². The van der Waals surface area contributed by atoms with Gasteiger partial charge in [0.2, 0.25) is 0 Å². The van der Waals surface area contributed by atoms with Crippen molar-refractivity contribution in [3.63, 3.8) is 0 Å². The van der Waals surface area contributed by atoms with E-state index in [1.165, 1.54) is 20.9 Å². The second kappa shape index (κ2) is 4.90. The second-order valence-electron chi connectivity index (χ2n) is 5.53. The number of rotatable bonds is 2. The molecule has 1 heteroatoms. The first kappa shape index (κ1) is 12.6. The summed E-state index contributed by atoms with van der Waals surface area (Å²) >= 11 is 1.87. The Hall–Kier alpha value is -1.47. The predicted octanol–water partition coefficient (Wildman–Crippen LogP) is 5.52. The normalized spacial score (nSPS) is 20.2. The lowest BCUT2D eigenvalue weighted by Crippen LogP contribution is -2.18. The monoisotopic (exact) mass is 266 g/mol. The Balaban J connectivity index is 1.98. The molecular formula is C18H18S. The Morgan fingerprint density at radius 2 is 1.89 bits per heavy atom. The predicted molar refractivity (Wildman–Crippen MR) is 84.1 cm³/mol. The van der Waals surface area contributed by atoms with Gasteiger partial charge in [0.05, 0.1) is 0 Å². The molecule has 0 radical (unpaired) electrons. The molecule has 2 aliphatic rings. The van der Waals surface area contributed by atoms with Crippen molar-refractivity contribution in [2.24, 2.45) is 5.41 Å². The zero-order chi connectivity index (χ0) is 13.3. The molecule has 0 amide bonds. The molecule has 1 aromatic rings. The summed E-state index contributed by atoms with van der Waals surface area (Å²) in [5.41, 5.74) is 3.11. The summed E-state index contributed by atoms with van der Waals surface area (Å²) < 4.78 is 0. The summed E-state index contributed by atoms with van der Waals surface area (Å²) in [6, 6.07) is 10.6. The average Bonchev–Trinajstić information content (AvgIpc) is 2.44. The van der Waals surface area contributed by atoms with Gasteiger partial charge in [-0.05, 0) is 29.7 Å². The summed E-state index contributed by atoms with van der Waals surface area (Å²) in [7, 11) is 0. The molecule has 0 aromatic heterocycles. The molecule has 0 bridgehead atoms. The Morgan fingerprint density at radius 1 is 1.11 bits per heavy atom. The van der Waals surface area contributed by atoms with E-state index in [1.807, 2.05) is 11.8 Å². The molecule has 0 atom stereocenters. The summed E-state index contributed by atoms with van der Waals surface area (Å²) in [5, 5.41) is 0. The lowest BCUT2D eigenvalue weighted by Gasteiger charge is -2.32. The fraction of sp³-hybridized carbons (Fsp3) is 0.222. The molecule has 96 valence electrons. The van der Waals surface area contributed by atoms with Crippen molar-refractivity contribution in [3.05, 3.63) is 76.8 Å². The molecule has 0 saturated heterocycles. The van der Waals surface area contributed by atoms with Crippen LogP contribution in [0, 0.1) is 5.41 Å². The number of hydrogen-bond donors (Lipinski definition) is 0. The number of allylic oxidation sites excluding steroid dienone is 7. The van der Waals surface area contributed by atoms with Crippen LogP contribution in [0.3, 0.4) is 0 Å². The maximum atomic E-state index is 2.33. The molecule has 2 aliphatic carbocycles. The molecule has 3 rings (SSSR count). The van der Waals surface area contributed by atoms with E-state index in [0.717, 1.165) is 6.42 Å². The lowest BCUT2D eigenvalue weighted by atomic mass is 9.74. The summed E-state index contributed by atoms with van der Waals surface area (Å²) in [5.74, 6) is 0. The Bertz CT molecular complexity index is 598. The Kier molecular flexibility index (Phi) is 3.24.